The number of nitrogens with zero attached hydrogens (tertiary/aromatic N) is 2. The molecular weight excluding hydrogens is 300 g/mol. The highest BCUT2D eigenvalue weighted by atomic mass is 16.1. The Morgan fingerprint density at radius 3 is 2.79 bits per heavy atom. The first kappa shape index (κ1) is 16.6. The number of rotatable bonds is 5. The summed E-state index contributed by atoms with van der Waals surface area (Å²) in [5, 5.41) is 10.0. The first-order valence-electron chi connectivity index (χ1n) is 8.88. The van der Waals surface area contributed by atoms with E-state index in [0.29, 0.717) is 5.69 Å². The van der Waals surface area contributed by atoms with Gasteiger partial charge >= 0.3 is 0 Å². The number of anilines is 2. The number of aromatic amines is 1. The summed E-state index contributed by atoms with van der Waals surface area (Å²) in [7, 11) is 0. The van der Waals surface area contributed by atoms with Crippen LogP contribution < -0.4 is 10.2 Å². The first-order chi connectivity index (χ1) is 11.7. The summed E-state index contributed by atoms with van der Waals surface area (Å²) < 4.78 is 0. The Balaban J connectivity index is 1.73. The van der Waals surface area contributed by atoms with Gasteiger partial charge in [-0.2, -0.15) is 5.10 Å². The number of benzene rings is 1. The molecule has 0 radical (unpaired) electrons. The number of hydrogen-bond acceptors (Lipinski definition) is 3. The minimum absolute atomic E-state index is 0.165. The van der Waals surface area contributed by atoms with Crippen molar-refractivity contribution >= 4 is 17.3 Å². The lowest BCUT2D eigenvalue weighted by molar-refractivity contribution is 0.102. The smallest absolute Gasteiger partial charge is 0.276 e. The normalized spacial score (nSPS) is 14.7. The monoisotopic (exact) mass is 326 g/mol. The molecule has 0 unspecified atom stereocenters. The van der Waals surface area contributed by atoms with Crippen LogP contribution in [0.3, 0.4) is 0 Å². The van der Waals surface area contributed by atoms with E-state index in [1.165, 1.54) is 30.5 Å². The van der Waals surface area contributed by atoms with Crippen molar-refractivity contribution in [2.45, 2.75) is 46.0 Å². The highest BCUT2D eigenvalue weighted by Gasteiger charge is 2.15. The number of hydrogen-bond donors (Lipinski definition) is 2. The van der Waals surface area contributed by atoms with Gasteiger partial charge in [0, 0.05) is 30.2 Å². The van der Waals surface area contributed by atoms with Crippen LogP contribution in [0.1, 0.15) is 54.4 Å². The second-order valence-corrected chi connectivity index (χ2v) is 6.53. The second-order valence-electron chi connectivity index (χ2n) is 6.53. The van der Waals surface area contributed by atoms with Crippen molar-refractivity contribution in [1.82, 2.24) is 10.2 Å². The Labute approximate surface area is 143 Å². The number of aryl methyl sites for hydroxylation is 2. The van der Waals surface area contributed by atoms with Gasteiger partial charge in [-0.15, -0.1) is 0 Å². The maximum atomic E-state index is 12.4. The van der Waals surface area contributed by atoms with Crippen molar-refractivity contribution in [3.63, 3.8) is 0 Å². The lowest BCUT2D eigenvalue weighted by Crippen LogP contribution is -2.30. The minimum Gasteiger partial charge on any atom is -0.371 e. The number of carbonyl (C=O) groups excluding carboxylic acids is 1. The molecule has 0 bridgehead atoms. The van der Waals surface area contributed by atoms with E-state index in [0.717, 1.165) is 37.3 Å². The average molecular weight is 326 g/mol. The molecule has 2 aromatic rings. The summed E-state index contributed by atoms with van der Waals surface area (Å²) in [6.45, 7) is 6.42. The van der Waals surface area contributed by atoms with Gasteiger partial charge in [0.25, 0.3) is 5.91 Å². The van der Waals surface area contributed by atoms with Gasteiger partial charge in [-0.05, 0) is 56.4 Å². The van der Waals surface area contributed by atoms with E-state index in [4.69, 9.17) is 0 Å². The molecule has 1 saturated heterocycles. The number of aromatic nitrogens is 2. The molecule has 128 valence electrons. The maximum Gasteiger partial charge on any atom is 0.276 e. The van der Waals surface area contributed by atoms with Gasteiger partial charge in [0.2, 0.25) is 0 Å². The zero-order valence-corrected chi connectivity index (χ0v) is 14.6. The molecule has 1 aromatic carbocycles. The Kier molecular flexibility index (Phi) is 5.18. The predicted molar refractivity (Wildman–Crippen MR) is 97.8 cm³/mol. The molecule has 1 aromatic heterocycles. The number of piperidine rings is 1. The van der Waals surface area contributed by atoms with Crippen LogP contribution in [0.15, 0.2) is 24.3 Å². The van der Waals surface area contributed by atoms with Gasteiger partial charge in [-0.25, -0.2) is 0 Å². The van der Waals surface area contributed by atoms with Crippen LogP contribution in [0.25, 0.3) is 0 Å². The molecule has 0 spiro atoms. The third-order valence-corrected chi connectivity index (χ3v) is 4.55. The van der Waals surface area contributed by atoms with Crippen molar-refractivity contribution in [1.29, 1.82) is 0 Å². The van der Waals surface area contributed by atoms with E-state index in [-0.39, 0.29) is 5.91 Å². The van der Waals surface area contributed by atoms with Gasteiger partial charge in [0.15, 0.2) is 5.69 Å². The van der Waals surface area contributed by atoms with Gasteiger partial charge in [0.05, 0.1) is 0 Å². The fraction of sp³-hybridized carbons (Fsp3) is 0.474. The van der Waals surface area contributed by atoms with Gasteiger partial charge in [-0.1, -0.05) is 19.4 Å². The number of H-pyrrole nitrogens is 1. The van der Waals surface area contributed by atoms with Gasteiger partial charge in [0.1, 0.15) is 0 Å². The summed E-state index contributed by atoms with van der Waals surface area (Å²) in [4.78, 5) is 14.8. The molecule has 1 aliphatic rings. The average Bonchev–Trinajstić information content (AvgIpc) is 3.06. The molecular formula is C19H26N4O. The quantitative estimate of drug-likeness (QED) is 0.875. The third kappa shape index (κ3) is 3.78. The van der Waals surface area contributed by atoms with E-state index in [1.807, 2.05) is 12.1 Å². The van der Waals surface area contributed by atoms with Crippen molar-refractivity contribution < 1.29 is 4.79 Å². The van der Waals surface area contributed by atoms with E-state index in [2.05, 4.69) is 46.4 Å². The number of carbonyl (C=O) groups is 1. The zero-order valence-electron chi connectivity index (χ0n) is 14.6. The lowest BCUT2D eigenvalue weighted by Gasteiger charge is -2.30. The molecule has 0 saturated carbocycles. The highest BCUT2D eigenvalue weighted by Crippen LogP contribution is 2.27. The summed E-state index contributed by atoms with van der Waals surface area (Å²) >= 11 is 0. The molecule has 2 N–H and O–H groups in total. The largest absolute Gasteiger partial charge is 0.371 e. The first-order valence-corrected chi connectivity index (χ1v) is 8.88. The lowest BCUT2D eigenvalue weighted by atomic mass is 10.1. The van der Waals surface area contributed by atoms with E-state index in [9.17, 15) is 4.79 Å². The standard InChI is InChI=1S/C19H26N4O/c1-3-7-16-12-17(22-21-16)19(24)20-15-9-8-14(2)18(13-15)23-10-5-4-6-11-23/h8-9,12-13H,3-7,10-11H2,1-2H3,(H,20,24)(H,21,22). The molecule has 1 amide bonds. The molecule has 24 heavy (non-hydrogen) atoms. The van der Waals surface area contributed by atoms with Gasteiger partial charge < -0.3 is 10.2 Å². The molecule has 2 heterocycles. The molecule has 5 heteroatoms. The van der Waals surface area contributed by atoms with Crippen molar-refractivity contribution in [2.75, 3.05) is 23.3 Å². The zero-order chi connectivity index (χ0) is 16.9. The van der Waals surface area contributed by atoms with E-state index >= 15 is 0 Å². The molecule has 0 atom stereocenters. The van der Waals surface area contributed by atoms with E-state index in [1.54, 1.807) is 0 Å². The molecule has 0 aliphatic carbocycles. The maximum absolute atomic E-state index is 12.4. The van der Waals surface area contributed by atoms with Crippen LogP contribution in [0.2, 0.25) is 0 Å². The summed E-state index contributed by atoms with van der Waals surface area (Å²) in [6.07, 6.45) is 5.72. The van der Waals surface area contributed by atoms with Crippen molar-refractivity contribution in [3.05, 3.63) is 41.2 Å². The Morgan fingerprint density at radius 1 is 1.25 bits per heavy atom. The molecule has 1 aliphatic heterocycles. The SMILES string of the molecule is CCCc1cc(C(=O)Nc2ccc(C)c(N3CCCCC3)c2)n[nH]1. The van der Waals surface area contributed by atoms with Crippen molar-refractivity contribution in [3.8, 4) is 0 Å². The molecule has 5 nitrogen and oxygen atoms in total. The van der Waals surface area contributed by atoms with Crippen molar-refractivity contribution in [2.24, 2.45) is 0 Å². The summed E-state index contributed by atoms with van der Waals surface area (Å²) in [5.74, 6) is -0.165. The van der Waals surface area contributed by atoms with Crippen LogP contribution in [0.4, 0.5) is 11.4 Å². The van der Waals surface area contributed by atoms with Crippen LogP contribution in [0.5, 0.6) is 0 Å². The number of amides is 1. The predicted octanol–water partition coefficient (Wildman–Crippen LogP) is 3.91. The fourth-order valence-electron chi connectivity index (χ4n) is 3.23. The summed E-state index contributed by atoms with van der Waals surface area (Å²) in [5.41, 5.74) is 4.74. The van der Waals surface area contributed by atoms with E-state index < -0.39 is 0 Å². The Morgan fingerprint density at radius 2 is 2.04 bits per heavy atom. The molecule has 3 rings (SSSR count). The minimum atomic E-state index is -0.165. The van der Waals surface area contributed by atoms with Crippen LogP contribution >= 0.6 is 0 Å². The number of nitrogens with one attached hydrogen (secondary N) is 2. The molecule has 1 fully saturated rings. The topological polar surface area (TPSA) is 61.0 Å². The second kappa shape index (κ2) is 7.51. The third-order valence-electron chi connectivity index (χ3n) is 4.55. The Bertz CT molecular complexity index is 701. The highest BCUT2D eigenvalue weighted by molar-refractivity contribution is 6.03. The van der Waals surface area contributed by atoms with Crippen LogP contribution in [-0.4, -0.2) is 29.2 Å². The Hall–Kier alpha value is -2.30. The van der Waals surface area contributed by atoms with Gasteiger partial charge in [-0.3, -0.25) is 9.89 Å². The fourth-order valence-corrected chi connectivity index (χ4v) is 3.23. The summed E-state index contributed by atoms with van der Waals surface area (Å²) in [6, 6.07) is 7.95. The van der Waals surface area contributed by atoms with Crippen LogP contribution in [-0.2, 0) is 6.42 Å². The van der Waals surface area contributed by atoms with Crippen LogP contribution in [0, 0.1) is 6.92 Å².